The predicted molar refractivity (Wildman–Crippen MR) is 112 cm³/mol. The molecule has 1 fully saturated rings. The smallest absolute Gasteiger partial charge is 0.416 e. The third-order valence-electron chi connectivity index (χ3n) is 6.51. The van der Waals surface area contributed by atoms with Crippen molar-refractivity contribution in [3.05, 3.63) is 59.2 Å². The van der Waals surface area contributed by atoms with E-state index in [-0.39, 0.29) is 17.6 Å². The highest BCUT2D eigenvalue weighted by Gasteiger charge is 2.43. The van der Waals surface area contributed by atoms with E-state index in [2.05, 4.69) is 4.90 Å². The molecule has 1 spiro atoms. The first-order valence-electron chi connectivity index (χ1n) is 10.7. The Morgan fingerprint density at radius 3 is 2.62 bits per heavy atom. The molecule has 5 nitrogen and oxygen atoms in total. The molecule has 2 heterocycles. The second-order valence-corrected chi connectivity index (χ2v) is 8.71. The zero-order valence-corrected chi connectivity index (χ0v) is 17.8. The zero-order valence-electron chi connectivity index (χ0n) is 17.8. The van der Waals surface area contributed by atoms with Crippen molar-refractivity contribution >= 4 is 5.97 Å². The van der Waals surface area contributed by atoms with Crippen molar-refractivity contribution in [1.29, 1.82) is 0 Å². The lowest BCUT2D eigenvalue weighted by Crippen LogP contribution is -2.45. The van der Waals surface area contributed by atoms with E-state index in [1.807, 2.05) is 6.07 Å². The van der Waals surface area contributed by atoms with E-state index >= 15 is 0 Å². The number of benzene rings is 2. The number of hydrogen-bond donors (Lipinski definition) is 1. The highest BCUT2D eigenvalue weighted by atomic mass is 19.4. The Morgan fingerprint density at radius 2 is 1.94 bits per heavy atom. The van der Waals surface area contributed by atoms with Crippen LogP contribution >= 0.6 is 0 Å². The van der Waals surface area contributed by atoms with Crippen LogP contribution in [-0.2, 0) is 23.0 Å². The molecular formula is C24H26F3NO4. The minimum absolute atomic E-state index is 0.0841. The number of carboxylic acids is 1. The van der Waals surface area contributed by atoms with Crippen LogP contribution < -0.4 is 9.47 Å². The van der Waals surface area contributed by atoms with Crippen LogP contribution in [0.3, 0.4) is 0 Å². The number of likely N-dealkylation sites (tertiary alicyclic amines) is 1. The van der Waals surface area contributed by atoms with Gasteiger partial charge in [-0.15, -0.1) is 0 Å². The van der Waals surface area contributed by atoms with Crippen LogP contribution in [-0.4, -0.2) is 42.2 Å². The minimum Gasteiger partial charge on any atom is -0.492 e. The van der Waals surface area contributed by atoms with Gasteiger partial charge in [-0.05, 0) is 38.1 Å². The molecule has 4 rings (SSSR count). The molecule has 0 bridgehead atoms. The molecule has 1 saturated heterocycles. The van der Waals surface area contributed by atoms with E-state index in [1.165, 1.54) is 12.1 Å². The Labute approximate surface area is 184 Å². The first-order valence-corrected chi connectivity index (χ1v) is 10.7. The molecule has 1 atom stereocenters. The molecular weight excluding hydrogens is 423 g/mol. The molecule has 2 aromatic carbocycles. The van der Waals surface area contributed by atoms with Gasteiger partial charge < -0.3 is 19.5 Å². The Kier molecular flexibility index (Phi) is 6.07. The average Bonchev–Trinajstić information content (AvgIpc) is 3.11. The quantitative estimate of drug-likeness (QED) is 0.691. The van der Waals surface area contributed by atoms with Crippen LogP contribution in [0.25, 0.3) is 0 Å². The number of nitrogens with zero attached hydrogens (tertiary/aromatic N) is 1. The van der Waals surface area contributed by atoms with Crippen molar-refractivity contribution in [2.45, 2.75) is 38.0 Å². The minimum atomic E-state index is -4.43. The fraction of sp³-hybridized carbons (Fsp3) is 0.458. The number of rotatable bonds is 6. The van der Waals surface area contributed by atoms with Gasteiger partial charge >= 0.3 is 12.1 Å². The molecule has 0 saturated carbocycles. The molecule has 0 aromatic heterocycles. The molecule has 0 radical (unpaired) electrons. The van der Waals surface area contributed by atoms with Gasteiger partial charge in [-0.25, -0.2) is 0 Å². The fourth-order valence-corrected chi connectivity index (χ4v) is 4.57. The summed E-state index contributed by atoms with van der Waals surface area (Å²) >= 11 is 0. The maximum Gasteiger partial charge on any atom is 0.416 e. The summed E-state index contributed by atoms with van der Waals surface area (Å²) in [4.78, 5) is 13.3. The largest absolute Gasteiger partial charge is 0.492 e. The molecule has 0 aliphatic carbocycles. The van der Waals surface area contributed by atoms with Gasteiger partial charge in [-0.1, -0.05) is 31.2 Å². The number of alkyl halides is 3. The van der Waals surface area contributed by atoms with Gasteiger partial charge in [-0.2, -0.15) is 13.2 Å². The lowest BCUT2D eigenvalue weighted by molar-refractivity contribution is -0.142. The molecule has 32 heavy (non-hydrogen) atoms. The zero-order chi connectivity index (χ0) is 22.9. The van der Waals surface area contributed by atoms with Crippen LogP contribution in [0.4, 0.5) is 13.2 Å². The molecule has 1 unspecified atom stereocenters. The van der Waals surface area contributed by atoms with E-state index in [1.54, 1.807) is 25.1 Å². The van der Waals surface area contributed by atoms with Crippen molar-refractivity contribution in [3.8, 4) is 11.5 Å². The Morgan fingerprint density at radius 1 is 1.22 bits per heavy atom. The maximum atomic E-state index is 13.2. The predicted octanol–water partition coefficient (Wildman–Crippen LogP) is 4.73. The molecule has 2 aliphatic rings. The molecule has 1 N–H and O–H groups in total. The highest BCUT2D eigenvalue weighted by molar-refractivity contribution is 5.69. The van der Waals surface area contributed by atoms with Crippen LogP contribution in [0.1, 0.15) is 36.5 Å². The summed E-state index contributed by atoms with van der Waals surface area (Å²) in [6.07, 6.45) is -2.69. The van der Waals surface area contributed by atoms with E-state index in [0.717, 1.165) is 37.6 Å². The highest BCUT2D eigenvalue weighted by Crippen LogP contribution is 2.46. The number of ether oxygens (including phenoxy) is 2. The van der Waals surface area contributed by atoms with Crippen LogP contribution in [0, 0.1) is 5.92 Å². The molecule has 0 amide bonds. The van der Waals surface area contributed by atoms with E-state index in [0.29, 0.717) is 24.7 Å². The summed E-state index contributed by atoms with van der Waals surface area (Å²) in [7, 11) is 0. The fourth-order valence-electron chi connectivity index (χ4n) is 4.57. The van der Waals surface area contributed by atoms with Crippen molar-refractivity contribution in [2.75, 3.05) is 26.2 Å². The van der Waals surface area contributed by atoms with Gasteiger partial charge in [0.15, 0.2) is 0 Å². The normalized spacial score (nSPS) is 18.8. The molecule has 2 aromatic rings. The monoisotopic (exact) mass is 449 g/mol. The van der Waals surface area contributed by atoms with Crippen molar-refractivity contribution in [2.24, 2.45) is 5.92 Å². The number of fused-ring (bicyclic) bond motifs is 2. The average molecular weight is 449 g/mol. The summed E-state index contributed by atoms with van der Waals surface area (Å²) in [5, 5.41) is 9.13. The van der Waals surface area contributed by atoms with Gasteiger partial charge in [0, 0.05) is 29.2 Å². The van der Waals surface area contributed by atoms with E-state index < -0.39 is 23.6 Å². The lowest BCUT2D eigenvalue weighted by atomic mass is 9.74. The van der Waals surface area contributed by atoms with Crippen molar-refractivity contribution in [1.82, 2.24) is 4.90 Å². The van der Waals surface area contributed by atoms with Crippen LogP contribution in [0.5, 0.6) is 11.5 Å². The summed E-state index contributed by atoms with van der Waals surface area (Å²) in [5.74, 6) is -0.0203. The number of hydrogen-bond acceptors (Lipinski definition) is 4. The Hall–Kier alpha value is -2.74. The maximum absolute atomic E-state index is 13.2. The summed E-state index contributed by atoms with van der Waals surface area (Å²) in [6.45, 7) is 4.21. The van der Waals surface area contributed by atoms with Gasteiger partial charge in [-0.3, -0.25) is 4.79 Å². The van der Waals surface area contributed by atoms with Crippen molar-refractivity contribution in [3.63, 3.8) is 0 Å². The topological polar surface area (TPSA) is 59.0 Å². The van der Waals surface area contributed by atoms with Gasteiger partial charge in [0.2, 0.25) is 0 Å². The second kappa shape index (κ2) is 8.65. The number of carboxylic acid groups (broad SMARTS) is 1. The van der Waals surface area contributed by atoms with E-state index in [4.69, 9.17) is 14.6 Å². The number of aliphatic carboxylic acids is 1. The number of carbonyl (C=O) groups is 1. The van der Waals surface area contributed by atoms with Crippen LogP contribution in [0.2, 0.25) is 0 Å². The molecule has 172 valence electrons. The van der Waals surface area contributed by atoms with Gasteiger partial charge in [0.1, 0.15) is 18.1 Å². The third-order valence-corrected chi connectivity index (χ3v) is 6.51. The number of halogens is 3. The summed E-state index contributed by atoms with van der Waals surface area (Å²) < 4.78 is 51.2. The first kappa shape index (κ1) is 22.5. The van der Waals surface area contributed by atoms with Gasteiger partial charge in [0.25, 0.3) is 0 Å². The summed E-state index contributed by atoms with van der Waals surface area (Å²) in [6, 6.07) is 10.9. The molecule has 2 aliphatic heterocycles. The summed E-state index contributed by atoms with van der Waals surface area (Å²) in [5.41, 5.74) is 0.368. The van der Waals surface area contributed by atoms with Crippen LogP contribution in [0.15, 0.2) is 42.5 Å². The lowest BCUT2D eigenvalue weighted by Gasteiger charge is -2.39. The Bertz CT molecular complexity index is 983. The first-order chi connectivity index (χ1) is 15.2. The Balaban J connectivity index is 1.41. The van der Waals surface area contributed by atoms with Gasteiger partial charge in [0.05, 0.1) is 18.1 Å². The third kappa shape index (κ3) is 4.55. The van der Waals surface area contributed by atoms with E-state index in [9.17, 15) is 18.0 Å². The second-order valence-electron chi connectivity index (χ2n) is 8.71. The standard InChI is InChI=1S/C24H26F3NO4/c1-16(22(29)30)13-28-10-8-23(9-11-28)15-32-21-12-18(6-7-20(21)23)31-14-17-4-2-3-5-19(17)24(25,26)27/h2-7,12,16H,8-11,13-15H2,1H3,(H,29,30). The SMILES string of the molecule is CC(CN1CCC2(CC1)COc1cc(OCc3ccccc3C(F)(F)F)ccc12)C(=O)O. The number of piperidine rings is 1. The van der Waals surface area contributed by atoms with Crippen molar-refractivity contribution < 1.29 is 32.5 Å². The molecule has 8 heteroatoms.